The molecule has 0 spiro atoms. The average molecular weight is 255 g/mol. The van der Waals surface area contributed by atoms with E-state index in [1.54, 1.807) is 36.5 Å². The van der Waals surface area contributed by atoms with Crippen LogP contribution in [0.5, 0.6) is 0 Å². The maximum Gasteiger partial charge on any atom is 0.256 e. The zero-order valence-corrected chi connectivity index (χ0v) is 9.66. The van der Waals surface area contributed by atoms with Crippen LogP contribution in [-0.4, -0.2) is 36.7 Å². The summed E-state index contributed by atoms with van der Waals surface area (Å²) in [6.07, 6.45) is 1.56. The van der Waals surface area contributed by atoms with Crippen LogP contribution in [0.2, 0.25) is 0 Å². The molecular weight excluding hydrogens is 246 g/mol. The molecule has 8 nitrogen and oxygen atoms in total. The molecule has 3 aromatic rings. The van der Waals surface area contributed by atoms with Gasteiger partial charge in [0.15, 0.2) is 0 Å². The number of anilines is 1. The molecule has 94 valence electrons. The molecule has 3 rings (SSSR count). The largest absolute Gasteiger partial charge is 0.307 e. The third-order valence-electron chi connectivity index (χ3n) is 2.50. The van der Waals surface area contributed by atoms with E-state index in [4.69, 9.17) is 0 Å². The van der Waals surface area contributed by atoms with E-state index in [9.17, 15) is 4.79 Å². The van der Waals surface area contributed by atoms with Gasteiger partial charge in [-0.1, -0.05) is 12.1 Å². The molecule has 0 fully saturated rings. The lowest BCUT2D eigenvalue weighted by Crippen LogP contribution is -2.11. The first-order valence-electron chi connectivity index (χ1n) is 5.47. The monoisotopic (exact) mass is 255 g/mol. The maximum absolute atomic E-state index is 11.9. The van der Waals surface area contributed by atoms with Gasteiger partial charge in [-0.25, -0.2) is 0 Å². The van der Waals surface area contributed by atoms with E-state index in [2.05, 4.69) is 36.1 Å². The molecule has 0 aliphatic heterocycles. The smallest absolute Gasteiger partial charge is 0.256 e. The van der Waals surface area contributed by atoms with Crippen molar-refractivity contribution in [3.63, 3.8) is 0 Å². The molecule has 0 bridgehead atoms. The van der Waals surface area contributed by atoms with Crippen LogP contribution in [0.4, 0.5) is 5.82 Å². The van der Waals surface area contributed by atoms with Crippen molar-refractivity contribution >= 4 is 11.7 Å². The fraction of sp³-hybridized carbons (Fsp3) is 0. The molecule has 1 aromatic carbocycles. The number of nitrogens with one attached hydrogen (secondary N) is 3. The van der Waals surface area contributed by atoms with Gasteiger partial charge in [-0.15, -0.1) is 10.2 Å². The minimum atomic E-state index is -0.219. The van der Waals surface area contributed by atoms with Gasteiger partial charge in [0.1, 0.15) is 5.82 Å². The van der Waals surface area contributed by atoms with Gasteiger partial charge in [0, 0.05) is 17.2 Å². The zero-order chi connectivity index (χ0) is 13.1. The van der Waals surface area contributed by atoms with Gasteiger partial charge in [0.05, 0.1) is 6.20 Å². The van der Waals surface area contributed by atoms with Crippen LogP contribution in [0, 0.1) is 0 Å². The van der Waals surface area contributed by atoms with Crippen LogP contribution in [0.15, 0.2) is 36.5 Å². The Morgan fingerprint density at radius 3 is 2.63 bits per heavy atom. The number of aromatic amines is 2. The second-order valence-corrected chi connectivity index (χ2v) is 3.74. The van der Waals surface area contributed by atoms with Crippen LogP contribution in [0.1, 0.15) is 10.4 Å². The summed E-state index contributed by atoms with van der Waals surface area (Å²) in [4.78, 5) is 11.9. The first kappa shape index (κ1) is 11.1. The van der Waals surface area contributed by atoms with Gasteiger partial charge in [0.25, 0.3) is 5.91 Å². The van der Waals surface area contributed by atoms with E-state index in [0.717, 1.165) is 5.56 Å². The molecule has 19 heavy (non-hydrogen) atoms. The molecule has 8 heteroatoms. The van der Waals surface area contributed by atoms with E-state index in [1.165, 1.54) is 0 Å². The summed E-state index contributed by atoms with van der Waals surface area (Å²) in [7, 11) is 0. The summed E-state index contributed by atoms with van der Waals surface area (Å²) < 4.78 is 0. The Kier molecular flexibility index (Phi) is 2.73. The van der Waals surface area contributed by atoms with Crippen molar-refractivity contribution in [3.05, 3.63) is 42.1 Å². The van der Waals surface area contributed by atoms with Crippen molar-refractivity contribution in [1.29, 1.82) is 0 Å². The van der Waals surface area contributed by atoms with Crippen molar-refractivity contribution in [3.8, 4) is 11.4 Å². The Bertz CT molecular complexity index is 658. The highest BCUT2D eigenvalue weighted by atomic mass is 16.1. The van der Waals surface area contributed by atoms with Crippen molar-refractivity contribution in [2.24, 2.45) is 0 Å². The normalized spacial score (nSPS) is 10.3. The number of hydrogen-bond donors (Lipinski definition) is 3. The summed E-state index contributed by atoms with van der Waals surface area (Å²) >= 11 is 0. The van der Waals surface area contributed by atoms with Crippen LogP contribution in [-0.2, 0) is 0 Å². The highest BCUT2D eigenvalue weighted by Gasteiger charge is 2.08. The first-order chi connectivity index (χ1) is 9.33. The molecule has 1 amide bonds. The maximum atomic E-state index is 11.9. The molecule has 0 atom stereocenters. The molecule has 0 saturated heterocycles. The van der Waals surface area contributed by atoms with Crippen LogP contribution < -0.4 is 5.32 Å². The number of carbonyl (C=O) groups is 1. The number of nitrogens with zero attached hydrogens (tertiary/aromatic N) is 4. The van der Waals surface area contributed by atoms with Crippen molar-refractivity contribution in [1.82, 2.24) is 30.8 Å². The number of benzene rings is 1. The minimum absolute atomic E-state index is 0.219. The molecule has 0 aliphatic carbocycles. The number of aromatic nitrogens is 6. The molecule has 0 aliphatic rings. The van der Waals surface area contributed by atoms with Crippen molar-refractivity contribution in [2.75, 3.05) is 5.32 Å². The molecule has 0 radical (unpaired) electrons. The van der Waals surface area contributed by atoms with E-state index in [0.29, 0.717) is 17.2 Å². The molecule has 0 unspecified atom stereocenters. The number of carbonyl (C=O) groups excluding carboxylic acids is 1. The number of tetrazole rings is 1. The molecular formula is C11H9N7O. The molecule has 3 N–H and O–H groups in total. The van der Waals surface area contributed by atoms with Gasteiger partial charge >= 0.3 is 0 Å². The Morgan fingerprint density at radius 1 is 1.16 bits per heavy atom. The quantitative estimate of drug-likeness (QED) is 0.642. The fourth-order valence-corrected chi connectivity index (χ4v) is 1.57. The Morgan fingerprint density at radius 2 is 2.00 bits per heavy atom. The first-order valence-corrected chi connectivity index (χ1v) is 5.47. The summed E-state index contributed by atoms with van der Waals surface area (Å²) in [5.41, 5.74) is 1.31. The number of amides is 1. The lowest BCUT2D eigenvalue weighted by Gasteiger charge is -2.02. The minimum Gasteiger partial charge on any atom is -0.307 e. The molecule has 2 heterocycles. The van der Waals surface area contributed by atoms with Gasteiger partial charge in [0.2, 0.25) is 5.82 Å². The van der Waals surface area contributed by atoms with Gasteiger partial charge in [-0.2, -0.15) is 10.3 Å². The Balaban J connectivity index is 1.77. The number of hydrogen-bond acceptors (Lipinski definition) is 5. The average Bonchev–Trinajstić information content (AvgIpc) is 3.12. The lowest BCUT2D eigenvalue weighted by atomic mass is 10.1. The second kappa shape index (κ2) is 4.69. The standard InChI is InChI=1S/C11H9N7O/c19-11(13-9-5-6-12-14-9)8-3-1-7(2-4-8)10-15-17-18-16-10/h1-6H,(H2,12,13,14,19)(H,15,16,17,18). The van der Waals surface area contributed by atoms with Gasteiger partial charge in [-0.3, -0.25) is 9.89 Å². The highest BCUT2D eigenvalue weighted by Crippen LogP contribution is 2.14. The van der Waals surface area contributed by atoms with E-state index in [-0.39, 0.29) is 5.91 Å². The topological polar surface area (TPSA) is 112 Å². The Labute approximate surface area is 107 Å². The van der Waals surface area contributed by atoms with E-state index >= 15 is 0 Å². The Hall–Kier alpha value is -3.03. The summed E-state index contributed by atoms with van der Waals surface area (Å²) in [5.74, 6) is 0.816. The van der Waals surface area contributed by atoms with Crippen LogP contribution in [0.25, 0.3) is 11.4 Å². The van der Waals surface area contributed by atoms with E-state index in [1.807, 2.05) is 0 Å². The SMILES string of the molecule is O=C(Nc1ccn[nH]1)c1ccc(-c2nn[nH]n2)cc1. The van der Waals surface area contributed by atoms with E-state index < -0.39 is 0 Å². The predicted octanol–water partition coefficient (Wildman–Crippen LogP) is 0.842. The summed E-state index contributed by atoms with van der Waals surface area (Å²) in [6, 6.07) is 8.57. The van der Waals surface area contributed by atoms with Crippen LogP contribution in [0.3, 0.4) is 0 Å². The number of rotatable bonds is 3. The lowest BCUT2D eigenvalue weighted by molar-refractivity contribution is 0.102. The highest BCUT2D eigenvalue weighted by molar-refractivity contribution is 6.03. The fourth-order valence-electron chi connectivity index (χ4n) is 1.57. The summed E-state index contributed by atoms with van der Waals surface area (Å²) in [5, 5.41) is 22.7. The van der Waals surface area contributed by atoms with Crippen LogP contribution >= 0.6 is 0 Å². The second-order valence-electron chi connectivity index (χ2n) is 3.74. The number of H-pyrrole nitrogens is 2. The van der Waals surface area contributed by atoms with Gasteiger partial charge in [-0.05, 0) is 17.3 Å². The van der Waals surface area contributed by atoms with Crippen molar-refractivity contribution < 1.29 is 4.79 Å². The zero-order valence-electron chi connectivity index (χ0n) is 9.66. The van der Waals surface area contributed by atoms with Gasteiger partial charge < -0.3 is 5.32 Å². The molecule has 0 saturated carbocycles. The van der Waals surface area contributed by atoms with Crippen molar-refractivity contribution in [2.45, 2.75) is 0 Å². The molecule has 2 aromatic heterocycles. The third kappa shape index (κ3) is 2.32. The predicted molar refractivity (Wildman–Crippen MR) is 66.2 cm³/mol. The summed E-state index contributed by atoms with van der Waals surface area (Å²) in [6.45, 7) is 0. The third-order valence-corrected chi connectivity index (χ3v) is 2.50.